The molecule has 1 aliphatic rings. The highest BCUT2D eigenvalue weighted by Gasteiger charge is 2.21. The van der Waals surface area contributed by atoms with E-state index in [0.29, 0.717) is 22.9 Å². The Balaban J connectivity index is 0.00000261. The Kier molecular flexibility index (Phi) is 7.25. The zero-order chi connectivity index (χ0) is 18.5. The number of nitrogen functional groups attached to an aromatic ring is 1. The Morgan fingerprint density at radius 2 is 1.63 bits per heavy atom. The number of nitrogens with zero attached hydrogens (tertiary/aromatic N) is 1. The molecule has 1 heterocycles. The quantitative estimate of drug-likeness (QED) is 0.784. The van der Waals surface area contributed by atoms with Crippen LogP contribution < -0.4 is 11.1 Å². The summed E-state index contributed by atoms with van der Waals surface area (Å²) in [4.78, 5) is 26.6. The first-order valence-electron chi connectivity index (χ1n) is 9.05. The second kappa shape index (κ2) is 9.42. The summed E-state index contributed by atoms with van der Waals surface area (Å²) in [6.07, 6.45) is 2.41. The Hall–Kier alpha value is -2.53. The van der Waals surface area contributed by atoms with Crippen LogP contribution in [0.2, 0.25) is 0 Å². The van der Waals surface area contributed by atoms with Gasteiger partial charge in [-0.05, 0) is 60.7 Å². The molecule has 0 aromatic heterocycles. The molecule has 2 aromatic carbocycles. The summed E-state index contributed by atoms with van der Waals surface area (Å²) in [6, 6.07) is 14.4. The first-order valence-corrected chi connectivity index (χ1v) is 9.05. The van der Waals surface area contributed by atoms with E-state index < -0.39 is 0 Å². The molecular weight excluding hydrogens is 362 g/mol. The Labute approximate surface area is 166 Å². The number of hydrogen-bond donors (Lipinski definition) is 2. The molecule has 3 N–H and O–H groups in total. The molecule has 1 fully saturated rings. The fourth-order valence-electron chi connectivity index (χ4n) is 3.12. The summed E-state index contributed by atoms with van der Waals surface area (Å²) in [5.74, 6) is 0.660. The van der Waals surface area contributed by atoms with Crippen LogP contribution in [0.4, 0.5) is 11.4 Å². The first kappa shape index (κ1) is 20.8. The topological polar surface area (TPSA) is 75.4 Å². The van der Waals surface area contributed by atoms with Gasteiger partial charge in [-0.2, -0.15) is 0 Å². The molecule has 0 spiro atoms. The van der Waals surface area contributed by atoms with Gasteiger partial charge in [0.2, 0.25) is 5.91 Å². The number of nitrogens with one attached hydrogen (secondary N) is 1. The minimum Gasteiger partial charge on any atom is -0.399 e. The molecule has 6 heteroatoms. The largest absolute Gasteiger partial charge is 0.399 e. The molecule has 1 aliphatic heterocycles. The zero-order valence-corrected chi connectivity index (χ0v) is 16.3. The molecule has 0 saturated carbocycles. The standard InChI is InChI=1S/C21H25N3O2.ClH/c1-15-10-12-24(13-11-15)21(26)17-4-8-19(9-5-17)23-20(25)14-16-2-6-18(22)7-3-16;/h2-9,15H,10-14,22H2,1H3,(H,23,25);1H. The zero-order valence-electron chi connectivity index (χ0n) is 15.5. The van der Waals surface area contributed by atoms with Crippen molar-refractivity contribution in [3.8, 4) is 0 Å². The highest BCUT2D eigenvalue weighted by Crippen LogP contribution is 2.19. The van der Waals surface area contributed by atoms with Crippen molar-refractivity contribution in [2.24, 2.45) is 5.92 Å². The third kappa shape index (κ3) is 5.73. The molecule has 0 radical (unpaired) electrons. The highest BCUT2D eigenvalue weighted by atomic mass is 35.5. The number of benzene rings is 2. The van der Waals surface area contributed by atoms with Gasteiger partial charge in [-0.15, -0.1) is 12.4 Å². The number of likely N-dealkylation sites (tertiary alicyclic amines) is 1. The van der Waals surface area contributed by atoms with E-state index in [9.17, 15) is 9.59 Å². The molecular formula is C21H26ClN3O2. The average Bonchev–Trinajstić information content (AvgIpc) is 2.64. The maximum atomic E-state index is 12.5. The second-order valence-electron chi connectivity index (χ2n) is 7.02. The minimum atomic E-state index is -0.0983. The average molecular weight is 388 g/mol. The lowest BCUT2D eigenvalue weighted by Gasteiger charge is -2.30. The van der Waals surface area contributed by atoms with Gasteiger partial charge in [0, 0.05) is 30.0 Å². The third-order valence-corrected chi connectivity index (χ3v) is 4.83. The third-order valence-electron chi connectivity index (χ3n) is 4.83. The number of piperidine rings is 1. The highest BCUT2D eigenvalue weighted by molar-refractivity contribution is 5.96. The lowest BCUT2D eigenvalue weighted by molar-refractivity contribution is -0.115. The van der Waals surface area contributed by atoms with Crippen LogP contribution in [-0.2, 0) is 11.2 Å². The first-order chi connectivity index (χ1) is 12.5. The number of carbonyl (C=O) groups is 2. The lowest BCUT2D eigenvalue weighted by atomic mass is 9.98. The van der Waals surface area contributed by atoms with Gasteiger partial charge >= 0.3 is 0 Å². The van der Waals surface area contributed by atoms with Crippen LogP contribution in [0.25, 0.3) is 0 Å². The van der Waals surface area contributed by atoms with Crippen molar-refractivity contribution >= 4 is 35.6 Å². The summed E-state index contributed by atoms with van der Waals surface area (Å²) in [7, 11) is 0. The van der Waals surface area contributed by atoms with E-state index in [1.54, 1.807) is 36.4 Å². The minimum absolute atomic E-state index is 0. The molecule has 5 nitrogen and oxygen atoms in total. The predicted octanol–water partition coefficient (Wildman–Crippen LogP) is 3.74. The number of rotatable bonds is 4. The summed E-state index contributed by atoms with van der Waals surface area (Å²) in [5.41, 5.74) is 8.58. The van der Waals surface area contributed by atoms with Crippen molar-refractivity contribution in [1.82, 2.24) is 4.90 Å². The van der Waals surface area contributed by atoms with Crippen molar-refractivity contribution in [2.45, 2.75) is 26.2 Å². The maximum Gasteiger partial charge on any atom is 0.253 e. The van der Waals surface area contributed by atoms with Crippen LogP contribution in [0.15, 0.2) is 48.5 Å². The fourth-order valence-corrected chi connectivity index (χ4v) is 3.12. The van der Waals surface area contributed by atoms with Crippen LogP contribution in [0.3, 0.4) is 0 Å². The van der Waals surface area contributed by atoms with E-state index in [-0.39, 0.29) is 30.6 Å². The van der Waals surface area contributed by atoms with E-state index in [1.807, 2.05) is 17.0 Å². The van der Waals surface area contributed by atoms with Crippen LogP contribution >= 0.6 is 12.4 Å². The molecule has 3 rings (SSSR count). The van der Waals surface area contributed by atoms with Gasteiger partial charge < -0.3 is 16.0 Å². The van der Waals surface area contributed by atoms with E-state index in [1.165, 1.54) is 0 Å². The molecule has 2 amide bonds. The Morgan fingerprint density at radius 1 is 1.04 bits per heavy atom. The van der Waals surface area contributed by atoms with E-state index in [0.717, 1.165) is 31.5 Å². The van der Waals surface area contributed by atoms with Crippen molar-refractivity contribution in [3.63, 3.8) is 0 Å². The van der Waals surface area contributed by atoms with Gasteiger partial charge in [-0.25, -0.2) is 0 Å². The van der Waals surface area contributed by atoms with Crippen molar-refractivity contribution in [3.05, 3.63) is 59.7 Å². The summed E-state index contributed by atoms with van der Waals surface area (Å²) < 4.78 is 0. The summed E-state index contributed by atoms with van der Waals surface area (Å²) in [6.45, 7) is 3.86. The molecule has 0 aliphatic carbocycles. The molecule has 1 saturated heterocycles. The second-order valence-corrected chi connectivity index (χ2v) is 7.02. The Bertz CT molecular complexity index is 767. The number of amides is 2. The smallest absolute Gasteiger partial charge is 0.253 e. The van der Waals surface area contributed by atoms with Gasteiger partial charge in [0.15, 0.2) is 0 Å². The summed E-state index contributed by atoms with van der Waals surface area (Å²) >= 11 is 0. The van der Waals surface area contributed by atoms with E-state index >= 15 is 0 Å². The molecule has 144 valence electrons. The van der Waals surface area contributed by atoms with Crippen LogP contribution in [-0.4, -0.2) is 29.8 Å². The number of carbonyl (C=O) groups excluding carboxylic acids is 2. The van der Waals surface area contributed by atoms with Crippen LogP contribution in [0.5, 0.6) is 0 Å². The molecule has 2 aromatic rings. The number of halogens is 1. The van der Waals surface area contributed by atoms with Crippen molar-refractivity contribution in [2.75, 3.05) is 24.1 Å². The summed E-state index contributed by atoms with van der Waals surface area (Å²) in [5, 5.41) is 2.86. The van der Waals surface area contributed by atoms with Crippen LogP contribution in [0, 0.1) is 5.92 Å². The number of anilines is 2. The van der Waals surface area contributed by atoms with E-state index in [2.05, 4.69) is 12.2 Å². The number of hydrogen-bond acceptors (Lipinski definition) is 3. The van der Waals surface area contributed by atoms with Crippen LogP contribution in [0.1, 0.15) is 35.7 Å². The normalized spacial score (nSPS) is 14.3. The molecule has 0 unspecified atom stereocenters. The monoisotopic (exact) mass is 387 g/mol. The molecule has 27 heavy (non-hydrogen) atoms. The van der Waals surface area contributed by atoms with Gasteiger partial charge in [-0.1, -0.05) is 19.1 Å². The van der Waals surface area contributed by atoms with Crippen molar-refractivity contribution in [1.29, 1.82) is 0 Å². The molecule has 0 atom stereocenters. The van der Waals surface area contributed by atoms with Gasteiger partial charge in [0.05, 0.1) is 6.42 Å². The molecule has 0 bridgehead atoms. The van der Waals surface area contributed by atoms with Gasteiger partial charge in [0.25, 0.3) is 5.91 Å². The van der Waals surface area contributed by atoms with Gasteiger partial charge in [0.1, 0.15) is 0 Å². The van der Waals surface area contributed by atoms with Gasteiger partial charge in [-0.3, -0.25) is 9.59 Å². The predicted molar refractivity (Wildman–Crippen MR) is 111 cm³/mol. The van der Waals surface area contributed by atoms with E-state index in [4.69, 9.17) is 5.73 Å². The Morgan fingerprint density at radius 3 is 2.22 bits per heavy atom. The fraction of sp³-hybridized carbons (Fsp3) is 0.333. The number of nitrogens with two attached hydrogens (primary N) is 1. The SMILES string of the molecule is CC1CCN(C(=O)c2ccc(NC(=O)Cc3ccc(N)cc3)cc2)CC1.Cl. The lowest BCUT2D eigenvalue weighted by Crippen LogP contribution is -2.37. The van der Waals surface area contributed by atoms with Crippen molar-refractivity contribution < 1.29 is 9.59 Å². The maximum absolute atomic E-state index is 12.5.